The summed E-state index contributed by atoms with van der Waals surface area (Å²) in [5.74, 6) is 0. The molecule has 2 N–H and O–H groups in total. The predicted molar refractivity (Wildman–Crippen MR) is 64.2 cm³/mol. The highest BCUT2D eigenvalue weighted by Gasteiger charge is 2.04. The summed E-state index contributed by atoms with van der Waals surface area (Å²) in [6, 6.07) is 0. The quantitative estimate of drug-likeness (QED) is 0.767. The Morgan fingerprint density at radius 3 is 2.64 bits per heavy atom. The molecule has 76 valence electrons. The fourth-order valence-electron chi connectivity index (χ4n) is 1.22. The number of aromatic nitrogens is 1. The van der Waals surface area contributed by atoms with E-state index < -0.39 is 0 Å². The summed E-state index contributed by atoms with van der Waals surface area (Å²) in [4.78, 5) is 4.21. The molecule has 0 amide bonds. The number of thiazole rings is 1. The molecule has 2 rings (SSSR count). The van der Waals surface area contributed by atoms with Gasteiger partial charge in [0.1, 0.15) is 0 Å². The summed E-state index contributed by atoms with van der Waals surface area (Å²) in [5.41, 5.74) is 7.75. The molecule has 0 saturated heterocycles. The average molecular weight is 208 g/mol. The van der Waals surface area contributed by atoms with E-state index in [2.05, 4.69) is 23.2 Å². The molecule has 1 aliphatic rings. The molecule has 0 saturated carbocycles. The van der Waals surface area contributed by atoms with E-state index in [1.165, 1.54) is 16.9 Å². The van der Waals surface area contributed by atoms with Crippen LogP contribution < -0.4 is 5.73 Å². The Morgan fingerprint density at radius 1 is 1.36 bits per heavy atom. The third-order valence-corrected chi connectivity index (χ3v) is 2.49. The molecule has 0 spiro atoms. The number of rotatable bonds is 1. The van der Waals surface area contributed by atoms with Crippen LogP contribution in [-0.4, -0.2) is 4.98 Å². The molecule has 0 fully saturated rings. The highest BCUT2D eigenvalue weighted by atomic mass is 32.1. The lowest BCUT2D eigenvalue weighted by Gasteiger charge is -2.02. The lowest BCUT2D eigenvalue weighted by molar-refractivity contribution is 1.04. The molecule has 1 aliphatic carbocycles. The van der Waals surface area contributed by atoms with Gasteiger partial charge in [-0.1, -0.05) is 32.1 Å². The van der Waals surface area contributed by atoms with Crippen molar-refractivity contribution in [3.05, 3.63) is 29.3 Å². The first-order valence-corrected chi connectivity index (χ1v) is 5.82. The van der Waals surface area contributed by atoms with Crippen molar-refractivity contribution in [2.75, 3.05) is 5.73 Å². The third kappa shape index (κ3) is 2.70. The van der Waals surface area contributed by atoms with Gasteiger partial charge in [-0.25, -0.2) is 4.98 Å². The van der Waals surface area contributed by atoms with Gasteiger partial charge in [0.15, 0.2) is 5.13 Å². The van der Waals surface area contributed by atoms with Crippen molar-refractivity contribution >= 4 is 22.0 Å². The van der Waals surface area contributed by atoms with E-state index in [9.17, 15) is 0 Å². The summed E-state index contributed by atoms with van der Waals surface area (Å²) in [5, 5.41) is 2.64. The molecular weight excluding hydrogens is 192 g/mol. The molecule has 0 atom stereocenters. The summed E-state index contributed by atoms with van der Waals surface area (Å²) in [7, 11) is 0. The van der Waals surface area contributed by atoms with Gasteiger partial charge >= 0.3 is 0 Å². The minimum absolute atomic E-state index is 0.643. The number of allylic oxidation sites excluding steroid dienone is 4. The summed E-state index contributed by atoms with van der Waals surface area (Å²) in [6.45, 7) is 4.00. The van der Waals surface area contributed by atoms with Crippen LogP contribution >= 0.6 is 11.3 Å². The summed E-state index contributed by atoms with van der Waals surface area (Å²) >= 11 is 1.49. The van der Waals surface area contributed by atoms with E-state index in [1.54, 1.807) is 0 Å². The zero-order chi connectivity index (χ0) is 10.4. The smallest absolute Gasteiger partial charge is 0.180 e. The number of hydrogen-bond donors (Lipinski definition) is 1. The van der Waals surface area contributed by atoms with Crippen LogP contribution in [0.1, 0.15) is 32.4 Å². The zero-order valence-corrected chi connectivity index (χ0v) is 9.47. The van der Waals surface area contributed by atoms with Crippen LogP contribution in [0.15, 0.2) is 23.6 Å². The van der Waals surface area contributed by atoms with Crippen molar-refractivity contribution in [2.45, 2.75) is 26.7 Å². The number of hydrogen-bond acceptors (Lipinski definition) is 3. The van der Waals surface area contributed by atoms with Gasteiger partial charge in [-0.05, 0) is 18.4 Å². The van der Waals surface area contributed by atoms with Crippen molar-refractivity contribution in [3.63, 3.8) is 0 Å². The van der Waals surface area contributed by atoms with Crippen molar-refractivity contribution in [1.82, 2.24) is 4.98 Å². The van der Waals surface area contributed by atoms with Gasteiger partial charge in [0.2, 0.25) is 0 Å². The second kappa shape index (κ2) is 5.60. The van der Waals surface area contributed by atoms with E-state index >= 15 is 0 Å². The van der Waals surface area contributed by atoms with Gasteiger partial charge in [-0.3, -0.25) is 0 Å². The molecule has 0 radical (unpaired) electrons. The van der Waals surface area contributed by atoms with Crippen LogP contribution in [0.4, 0.5) is 5.13 Å². The molecule has 0 bridgehead atoms. The van der Waals surface area contributed by atoms with Crippen molar-refractivity contribution in [1.29, 1.82) is 0 Å². The van der Waals surface area contributed by atoms with Crippen molar-refractivity contribution < 1.29 is 0 Å². The van der Waals surface area contributed by atoms with E-state index in [0.717, 1.165) is 18.5 Å². The normalized spacial score (nSPS) is 14.3. The molecule has 1 heterocycles. The first-order chi connectivity index (χ1) is 6.86. The predicted octanol–water partition coefficient (Wildman–Crippen LogP) is 3.48. The Labute approximate surface area is 89.2 Å². The van der Waals surface area contributed by atoms with E-state index in [0.29, 0.717) is 5.13 Å². The van der Waals surface area contributed by atoms with E-state index in [-0.39, 0.29) is 0 Å². The van der Waals surface area contributed by atoms with Gasteiger partial charge in [-0.2, -0.15) is 0 Å². The van der Waals surface area contributed by atoms with Gasteiger partial charge in [0.25, 0.3) is 0 Å². The maximum absolute atomic E-state index is 5.54. The van der Waals surface area contributed by atoms with Gasteiger partial charge in [-0.15, -0.1) is 11.3 Å². The summed E-state index contributed by atoms with van der Waals surface area (Å²) in [6.07, 6.45) is 8.74. The monoisotopic (exact) mass is 208 g/mol. The molecule has 1 aromatic rings. The maximum atomic E-state index is 5.54. The molecule has 1 aromatic heterocycles. The van der Waals surface area contributed by atoms with Crippen molar-refractivity contribution in [2.24, 2.45) is 0 Å². The first kappa shape index (κ1) is 11.0. The maximum Gasteiger partial charge on any atom is 0.180 e. The highest BCUT2D eigenvalue weighted by molar-refractivity contribution is 7.13. The second-order valence-electron chi connectivity index (χ2n) is 2.71. The first-order valence-electron chi connectivity index (χ1n) is 4.94. The van der Waals surface area contributed by atoms with Gasteiger partial charge in [0.05, 0.1) is 5.69 Å². The molecule has 3 heteroatoms. The second-order valence-corrected chi connectivity index (χ2v) is 3.60. The lowest BCUT2D eigenvalue weighted by Crippen LogP contribution is -1.87. The van der Waals surface area contributed by atoms with E-state index in [1.807, 2.05) is 19.2 Å². The van der Waals surface area contributed by atoms with Crippen LogP contribution in [0.5, 0.6) is 0 Å². The number of nitrogens with zero attached hydrogens (tertiary/aromatic N) is 1. The minimum Gasteiger partial charge on any atom is -0.375 e. The van der Waals surface area contributed by atoms with Crippen LogP contribution in [0.25, 0.3) is 5.57 Å². The van der Waals surface area contributed by atoms with Crippen LogP contribution in [0.2, 0.25) is 0 Å². The molecule has 0 unspecified atom stereocenters. The highest BCUT2D eigenvalue weighted by Crippen LogP contribution is 2.23. The summed E-state index contributed by atoms with van der Waals surface area (Å²) < 4.78 is 0. The third-order valence-electron chi connectivity index (χ3n) is 1.81. The van der Waals surface area contributed by atoms with Crippen molar-refractivity contribution in [3.8, 4) is 0 Å². The van der Waals surface area contributed by atoms with Crippen LogP contribution in [-0.2, 0) is 0 Å². The standard InChI is InChI=1S/C9H10N2S.C2H6/c10-9-11-8(6-12-9)7-4-2-1-3-5-7;1-2/h2,4-6H,1,3H2,(H2,10,11);1-2H3. The Kier molecular flexibility index (Phi) is 4.40. The van der Waals surface area contributed by atoms with Gasteiger partial charge in [0, 0.05) is 5.38 Å². The molecular formula is C11H16N2S. The fourth-order valence-corrected chi connectivity index (χ4v) is 1.80. The average Bonchev–Trinajstić information content (AvgIpc) is 2.69. The Hall–Kier alpha value is -1.09. The lowest BCUT2D eigenvalue weighted by atomic mass is 10.1. The minimum atomic E-state index is 0.643. The molecule has 0 aromatic carbocycles. The Balaban J connectivity index is 0.000000461. The zero-order valence-electron chi connectivity index (χ0n) is 8.66. The van der Waals surface area contributed by atoms with Gasteiger partial charge < -0.3 is 5.73 Å². The number of anilines is 1. The molecule has 14 heavy (non-hydrogen) atoms. The topological polar surface area (TPSA) is 38.9 Å². The fraction of sp³-hybridized carbons (Fsp3) is 0.364. The Bertz CT molecular complexity index is 337. The Morgan fingerprint density at radius 2 is 2.14 bits per heavy atom. The van der Waals surface area contributed by atoms with Crippen LogP contribution in [0, 0.1) is 0 Å². The SMILES string of the molecule is CC.Nc1nc(C2=CCCC=C2)cs1. The number of nitrogens with two attached hydrogens (primary N) is 1. The van der Waals surface area contributed by atoms with Crippen LogP contribution in [0.3, 0.4) is 0 Å². The molecule has 0 aliphatic heterocycles. The largest absolute Gasteiger partial charge is 0.375 e. The van der Waals surface area contributed by atoms with E-state index in [4.69, 9.17) is 5.73 Å². The number of nitrogen functional groups attached to an aromatic ring is 1. The molecule has 2 nitrogen and oxygen atoms in total.